The average Bonchev–Trinajstić information content (AvgIpc) is 2.19. The highest BCUT2D eigenvalue weighted by Crippen LogP contribution is 2.07. The summed E-state index contributed by atoms with van der Waals surface area (Å²) in [4.78, 5) is 2.11. The fourth-order valence-corrected chi connectivity index (χ4v) is 1.59. The standard InChI is InChI=1S/C12H20N2O/c1-11(10-14(2)8-9-15)13-12-6-4-3-5-7-12/h3-7,11,13,15H,8-10H2,1-2H3. The van der Waals surface area contributed by atoms with Crippen molar-refractivity contribution in [2.45, 2.75) is 13.0 Å². The molecule has 0 aliphatic carbocycles. The minimum atomic E-state index is 0.217. The zero-order chi connectivity index (χ0) is 11.1. The first-order valence-electron chi connectivity index (χ1n) is 5.33. The molecule has 0 aliphatic heterocycles. The fourth-order valence-electron chi connectivity index (χ4n) is 1.59. The van der Waals surface area contributed by atoms with Crippen LogP contribution in [0.2, 0.25) is 0 Å². The number of aliphatic hydroxyl groups is 1. The van der Waals surface area contributed by atoms with Crippen molar-refractivity contribution in [1.82, 2.24) is 4.90 Å². The first-order valence-corrected chi connectivity index (χ1v) is 5.33. The lowest BCUT2D eigenvalue weighted by Crippen LogP contribution is -2.33. The smallest absolute Gasteiger partial charge is 0.0558 e. The largest absolute Gasteiger partial charge is 0.395 e. The molecule has 1 aromatic rings. The Morgan fingerprint density at radius 1 is 1.33 bits per heavy atom. The molecule has 1 rings (SSSR count). The predicted octanol–water partition coefficient (Wildman–Crippen LogP) is 1.41. The van der Waals surface area contributed by atoms with Crippen LogP contribution in [0.3, 0.4) is 0 Å². The minimum Gasteiger partial charge on any atom is -0.395 e. The quantitative estimate of drug-likeness (QED) is 0.742. The number of aliphatic hydroxyl groups excluding tert-OH is 1. The highest BCUT2D eigenvalue weighted by molar-refractivity contribution is 5.43. The first-order chi connectivity index (χ1) is 7.22. The molecule has 0 amide bonds. The molecule has 3 nitrogen and oxygen atoms in total. The molecule has 0 heterocycles. The highest BCUT2D eigenvalue weighted by atomic mass is 16.3. The van der Waals surface area contributed by atoms with E-state index in [1.165, 1.54) is 0 Å². The Kier molecular flexibility index (Phi) is 5.15. The Morgan fingerprint density at radius 2 is 2.00 bits per heavy atom. The molecule has 0 aliphatic rings. The number of rotatable bonds is 6. The van der Waals surface area contributed by atoms with Crippen molar-refractivity contribution < 1.29 is 5.11 Å². The topological polar surface area (TPSA) is 35.5 Å². The number of anilines is 1. The van der Waals surface area contributed by atoms with Crippen LogP contribution in [0.1, 0.15) is 6.92 Å². The molecular formula is C12H20N2O. The fraction of sp³-hybridized carbons (Fsp3) is 0.500. The van der Waals surface area contributed by atoms with Crippen molar-refractivity contribution in [3.8, 4) is 0 Å². The van der Waals surface area contributed by atoms with Crippen molar-refractivity contribution in [2.75, 3.05) is 32.1 Å². The third kappa shape index (κ3) is 4.81. The lowest BCUT2D eigenvalue weighted by molar-refractivity contribution is 0.218. The minimum absolute atomic E-state index is 0.217. The van der Waals surface area contributed by atoms with E-state index < -0.39 is 0 Å². The highest BCUT2D eigenvalue weighted by Gasteiger charge is 2.05. The second-order valence-electron chi connectivity index (χ2n) is 3.90. The summed E-state index contributed by atoms with van der Waals surface area (Å²) in [6.45, 7) is 4.01. The molecule has 84 valence electrons. The molecule has 2 N–H and O–H groups in total. The zero-order valence-electron chi connectivity index (χ0n) is 9.48. The second-order valence-corrected chi connectivity index (χ2v) is 3.90. The number of nitrogens with zero attached hydrogens (tertiary/aromatic N) is 1. The average molecular weight is 208 g/mol. The van der Waals surface area contributed by atoms with Gasteiger partial charge in [-0.25, -0.2) is 0 Å². The number of likely N-dealkylation sites (N-methyl/N-ethyl adjacent to an activating group) is 1. The van der Waals surface area contributed by atoms with E-state index in [2.05, 4.69) is 29.3 Å². The van der Waals surface area contributed by atoms with Gasteiger partial charge in [0, 0.05) is 24.8 Å². The Balaban J connectivity index is 2.33. The predicted molar refractivity (Wildman–Crippen MR) is 64.1 cm³/mol. The van der Waals surface area contributed by atoms with Gasteiger partial charge < -0.3 is 15.3 Å². The number of hydrogen-bond donors (Lipinski definition) is 2. The van der Waals surface area contributed by atoms with Gasteiger partial charge >= 0.3 is 0 Å². The Bertz CT molecular complexity index is 264. The molecule has 0 fully saturated rings. The maximum atomic E-state index is 8.78. The number of para-hydroxylation sites is 1. The molecule has 1 atom stereocenters. The molecule has 3 heteroatoms. The van der Waals surface area contributed by atoms with Crippen molar-refractivity contribution in [1.29, 1.82) is 0 Å². The first kappa shape index (κ1) is 12.0. The van der Waals surface area contributed by atoms with E-state index in [-0.39, 0.29) is 6.61 Å². The Morgan fingerprint density at radius 3 is 2.60 bits per heavy atom. The lowest BCUT2D eigenvalue weighted by atomic mass is 10.2. The van der Waals surface area contributed by atoms with E-state index in [9.17, 15) is 0 Å². The van der Waals surface area contributed by atoms with Crippen LogP contribution in [0, 0.1) is 0 Å². The van der Waals surface area contributed by atoms with Crippen molar-refractivity contribution >= 4 is 5.69 Å². The van der Waals surface area contributed by atoms with Crippen LogP contribution in [-0.2, 0) is 0 Å². The maximum Gasteiger partial charge on any atom is 0.0558 e. The summed E-state index contributed by atoms with van der Waals surface area (Å²) in [5.41, 5.74) is 1.14. The summed E-state index contributed by atoms with van der Waals surface area (Å²) in [5.74, 6) is 0. The van der Waals surface area contributed by atoms with Crippen molar-refractivity contribution in [3.63, 3.8) is 0 Å². The van der Waals surface area contributed by atoms with Crippen LogP contribution in [0.5, 0.6) is 0 Å². The van der Waals surface area contributed by atoms with E-state index in [0.29, 0.717) is 6.04 Å². The van der Waals surface area contributed by atoms with Crippen LogP contribution in [0.4, 0.5) is 5.69 Å². The summed E-state index contributed by atoms with van der Waals surface area (Å²) < 4.78 is 0. The van der Waals surface area contributed by atoms with E-state index in [1.54, 1.807) is 0 Å². The summed E-state index contributed by atoms with van der Waals surface area (Å²) in [6, 6.07) is 10.5. The van der Waals surface area contributed by atoms with E-state index in [4.69, 9.17) is 5.11 Å². The van der Waals surface area contributed by atoms with Gasteiger partial charge in [-0.05, 0) is 26.1 Å². The normalized spacial score (nSPS) is 12.8. The molecule has 0 saturated carbocycles. The van der Waals surface area contributed by atoms with E-state index in [0.717, 1.165) is 18.8 Å². The van der Waals surface area contributed by atoms with Gasteiger partial charge in [0.25, 0.3) is 0 Å². The van der Waals surface area contributed by atoms with Crippen LogP contribution in [0.25, 0.3) is 0 Å². The van der Waals surface area contributed by atoms with Crippen LogP contribution >= 0.6 is 0 Å². The molecule has 0 spiro atoms. The Labute approximate surface area is 91.7 Å². The SMILES string of the molecule is CC(CN(C)CCO)Nc1ccccc1. The second kappa shape index (κ2) is 6.43. The Hall–Kier alpha value is -1.06. The van der Waals surface area contributed by atoms with E-state index >= 15 is 0 Å². The molecule has 15 heavy (non-hydrogen) atoms. The number of nitrogens with one attached hydrogen (secondary N) is 1. The molecular weight excluding hydrogens is 188 g/mol. The maximum absolute atomic E-state index is 8.78. The molecule has 0 saturated heterocycles. The summed E-state index contributed by atoms with van der Waals surface area (Å²) in [5, 5.41) is 12.2. The number of benzene rings is 1. The molecule has 0 aromatic heterocycles. The third-order valence-electron chi connectivity index (χ3n) is 2.25. The van der Waals surface area contributed by atoms with Crippen LogP contribution in [0.15, 0.2) is 30.3 Å². The molecule has 1 unspecified atom stereocenters. The van der Waals surface area contributed by atoms with Crippen molar-refractivity contribution in [2.24, 2.45) is 0 Å². The van der Waals surface area contributed by atoms with Crippen LogP contribution in [-0.4, -0.2) is 42.8 Å². The third-order valence-corrected chi connectivity index (χ3v) is 2.25. The van der Waals surface area contributed by atoms with Crippen molar-refractivity contribution in [3.05, 3.63) is 30.3 Å². The molecule has 0 bridgehead atoms. The summed E-state index contributed by atoms with van der Waals surface area (Å²) in [7, 11) is 2.01. The van der Waals surface area contributed by atoms with Gasteiger partial charge in [0.05, 0.1) is 6.61 Å². The van der Waals surface area contributed by atoms with Gasteiger partial charge in [0.1, 0.15) is 0 Å². The van der Waals surface area contributed by atoms with Crippen LogP contribution < -0.4 is 5.32 Å². The summed E-state index contributed by atoms with van der Waals surface area (Å²) >= 11 is 0. The van der Waals surface area contributed by atoms with E-state index in [1.807, 2.05) is 25.2 Å². The lowest BCUT2D eigenvalue weighted by Gasteiger charge is -2.22. The van der Waals surface area contributed by atoms with Gasteiger partial charge in [0.15, 0.2) is 0 Å². The molecule has 1 aromatic carbocycles. The molecule has 0 radical (unpaired) electrons. The summed E-state index contributed by atoms with van der Waals surface area (Å²) in [6.07, 6.45) is 0. The van der Waals surface area contributed by atoms with Gasteiger partial charge in [-0.3, -0.25) is 0 Å². The monoisotopic (exact) mass is 208 g/mol. The van der Waals surface area contributed by atoms with Gasteiger partial charge in [0.2, 0.25) is 0 Å². The zero-order valence-corrected chi connectivity index (χ0v) is 9.48. The van der Waals surface area contributed by atoms with Gasteiger partial charge in [-0.1, -0.05) is 18.2 Å². The number of hydrogen-bond acceptors (Lipinski definition) is 3. The van der Waals surface area contributed by atoms with Gasteiger partial charge in [-0.2, -0.15) is 0 Å². The van der Waals surface area contributed by atoms with Gasteiger partial charge in [-0.15, -0.1) is 0 Å².